The summed E-state index contributed by atoms with van der Waals surface area (Å²) in [7, 11) is 0. The molecule has 134 valence electrons. The topological polar surface area (TPSA) is 53.6 Å². The van der Waals surface area contributed by atoms with Gasteiger partial charge in [0.05, 0.1) is 12.3 Å². The molecular weight excluding hydrogens is 326 g/mol. The van der Waals surface area contributed by atoms with Gasteiger partial charge in [-0.25, -0.2) is 4.79 Å². The molecule has 0 bridgehead atoms. The van der Waals surface area contributed by atoms with E-state index in [2.05, 4.69) is 29.4 Å². The Morgan fingerprint density at radius 3 is 2.71 bits per heavy atom. The van der Waals surface area contributed by atoms with E-state index in [0.717, 1.165) is 32.5 Å². The predicted octanol–water partition coefficient (Wildman–Crippen LogP) is 3.98. The van der Waals surface area contributed by atoms with Gasteiger partial charge in [0.15, 0.2) is 0 Å². The van der Waals surface area contributed by atoms with Gasteiger partial charge < -0.3 is 20.3 Å². The van der Waals surface area contributed by atoms with Crippen molar-refractivity contribution in [3.63, 3.8) is 0 Å². The highest BCUT2D eigenvalue weighted by Gasteiger charge is 2.21. The molecule has 2 amide bonds. The van der Waals surface area contributed by atoms with Crippen LogP contribution in [0.5, 0.6) is 5.75 Å². The zero-order valence-corrected chi connectivity index (χ0v) is 15.5. The lowest BCUT2D eigenvalue weighted by atomic mass is 10.0. The molecule has 0 aromatic heterocycles. The number of benzene rings is 1. The number of nitrogens with zero attached hydrogens (tertiary/aromatic N) is 1. The summed E-state index contributed by atoms with van der Waals surface area (Å²) in [6.07, 6.45) is 1.96. The van der Waals surface area contributed by atoms with Crippen molar-refractivity contribution in [3.05, 3.63) is 23.2 Å². The van der Waals surface area contributed by atoms with Gasteiger partial charge in [0, 0.05) is 30.7 Å². The van der Waals surface area contributed by atoms with Crippen LogP contribution in [-0.4, -0.2) is 43.2 Å². The highest BCUT2D eigenvalue weighted by atomic mass is 35.5. The van der Waals surface area contributed by atoms with Crippen LogP contribution in [0.1, 0.15) is 33.6 Å². The smallest absolute Gasteiger partial charge is 0.319 e. The number of urea groups is 1. The van der Waals surface area contributed by atoms with E-state index in [1.165, 1.54) is 0 Å². The first-order valence-electron chi connectivity index (χ1n) is 8.70. The lowest BCUT2D eigenvalue weighted by Gasteiger charge is -2.33. The summed E-state index contributed by atoms with van der Waals surface area (Å²) in [5.74, 6) is 1.31. The van der Waals surface area contributed by atoms with Crippen molar-refractivity contribution in [2.75, 3.05) is 31.6 Å². The summed E-state index contributed by atoms with van der Waals surface area (Å²) in [5, 5.41) is 6.47. The molecule has 1 heterocycles. The Labute approximate surface area is 149 Å². The minimum absolute atomic E-state index is 0.208. The number of anilines is 1. The van der Waals surface area contributed by atoms with Gasteiger partial charge in [0.1, 0.15) is 5.75 Å². The van der Waals surface area contributed by atoms with Crippen LogP contribution in [0.4, 0.5) is 10.5 Å². The van der Waals surface area contributed by atoms with Crippen molar-refractivity contribution in [2.45, 2.75) is 39.7 Å². The largest absolute Gasteiger partial charge is 0.492 e. The Bertz CT molecular complexity index is 543. The molecule has 1 aromatic carbocycles. The third-order valence-electron chi connectivity index (χ3n) is 4.04. The fourth-order valence-electron chi connectivity index (χ4n) is 3.00. The van der Waals surface area contributed by atoms with Crippen LogP contribution in [0.15, 0.2) is 18.2 Å². The predicted molar refractivity (Wildman–Crippen MR) is 99.1 cm³/mol. The number of carbonyl (C=O) groups is 1. The molecule has 1 aromatic rings. The Kier molecular flexibility index (Phi) is 7.18. The molecule has 0 saturated carbocycles. The molecule has 1 aliphatic heterocycles. The Balaban J connectivity index is 1.85. The molecule has 1 saturated heterocycles. The van der Waals surface area contributed by atoms with Crippen molar-refractivity contribution >= 4 is 23.3 Å². The van der Waals surface area contributed by atoms with Gasteiger partial charge in [-0.3, -0.25) is 0 Å². The second-order valence-corrected chi connectivity index (χ2v) is 7.08. The maximum Gasteiger partial charge on any atom is 0.319 e. The molecule has 0 spiro atoms. The van der Waals surface area contributed by atoms with Crippen molar-refractivity contribution in [3.8, 4) is 5.75 Å². The molecule has 0 atom stereocenters. The summed E-state index contributed by atoms with van der Waals surface area (Å²) in [6, 6.07) is 5.23. The molecule has 2 N–H and O–H groups in total. The van der Waals surface area contributed by atoms with Crippen LogP contribution >= 0.6 is 11.6 Å². The SMILES string of the molecule is CCOc1ccc(Cl)cc1NC(=O)NC1CCN(CC(C)C)CC1. The first-order valence-corrected chi connectivity index (χ1v) is 9.08. The van der Waals surface area contributed by atoms with E-state index >= 15 is 0 Å². The standard InChI is InChI=1S/C18H28ClN3O2/c1-4-24-17-6-5-14(19)11-16(17)21-18(23)20-15-7-9-22(10-8-15)12-13(2)3/h5-6,11,13,15H,4,7-10,12H2,1-3H3,(H2,20,21,23). The number of piperidine rings is 1. The Morgan fingerprint density at radius 2 is 2.08 bits per heavy atom. The average molecular weight is 354 g/mol. The van der Waals surface area contributed by atoms with Crippen molar-refractivity contribution in [1.82, 2.24) is 10.2 Å². The summed E-state index contributed by atoms with van der Waals surface area (Å²) in [6.45, 7) is 10.1. The number of rotatable bonds is 6. The van der Waals surface area contributed by atoms with E-state index in [9.17, 15) is 4.79 Å². The zero-order chi connectivity index (χ0) is 17.5. The normalized spacial score (nSPS) is 16.2. The molecule has 2 rings (SSSR count). The van der Waals surface area contributed by atoms with Crippen molar-refractivity contribution in [2.24, 2.45) is 5.92 Å². The number of amides is 2. The van der Waals surface area contributed by atoms with Crippen LogP contribution in [0.25, 0.3) is 0 Å². The van der Waals surface area contributed by atoms with E-state index in [-0.39, 0.29) is 12.1 Å². The molecule has 0 radical (unpaired) electrons. The molecule has 1 fully saturated rings. The van der Waals surface area contributed by atoms with E-state index in [1.807, 2.05) is 6.92 Å². The van der Waals surface area contributed by atoms with Gasteiger partial charge in [0.2, 0.25) is 0 Å². The highest BCUT2D eigenvalue weighted by molar-refractivity contribution is 6.31. The number of likely N-dealkylation sites (tertiary alicyclic amines) is 1. The van der Waals surface area contributed by atoms with Crippen LogP contribution in [-0.2, 0) is 0 Å². The molecule has 5 nitrogen and oxygen atoms in total. The zero-order valence-electron chi connectivity index (χ0n) is 14.8. The Morgan fingerprint density at radius 1 is 1.38 bits per heavy atom. The minimum Gasteiger partial charge on any atom is -0.492 e. The second kappa shape index (κ2) is 9.14. The summed E-state index contributed by atoms with van der Waals surface area (Å²) >= 11 is 6.02. The van der Waals surface area contributed by atoms with Crippen molar-refractivity contribution in [1.29, 1.82) is 0 Å². The third kappa shape index (κ3) is 5.87. The van der Waals surface area contributed by atoms with Gasteiger partial charge in [-0.2, -0.15) is 0 Å². The molecule has 1 aliphatic rings. The van der Waals surface area contributed by atoms with Gasteiger partial charge in [-0.1, -0.05) is 25.4 Å². The second-order valence-electron chi connectivity index (χ2n) is 6.64. The number of nitrogens with one attached hydrogen (secondary N) is 2. The van der Waals surface area contributed by atoms with E-state index in [4.69, 9.17) is 16.3 Å². The fraction of sp³-hybridized carbons (Fsp3) is 0.611. The average Bonchev–Trinajstić information content (AvgIpc) is 2.51. The van der Waals surface area contributed by atoms with Gasteiger partial charge in [-0.15, -0.1) is 0 Å². The van der Waals surface area contributed by atoms with E-state index < -0.39 is 0 Å². The quantitative estimate of drug-likeness (QED) is 0.813. The lowest BCUT2D eigenvalue weighted by molar-refractivity contribution is 0.180. The molecule has 0 unspecified atom stereocenters. The number of halogens is 1. The van der Waals surface area contributed by atoms with Gasteiger partial charge in [-0.05, 0) is 43.9 Å². The molecule has 24 heavy (non-hydrogen) atoms. The number of ether oxygens (including phenoxy) is 1. The summed E-state index contributed by atoms with van der Waals surface area (Å²) < 4.78 is 5.53. The lowest BCUT2D eigenvalue weighted by Crippen LogP contribution is -2.46. The first kappa shape index (κ1) is 18.9. The third-order valence-corrected chi connectivity index (χ3v) is 4.27. The maximum absolute atomic E-state index is 12.3. The maximum atomic E-state index is 12.3. The van der Waals surface area contributed by atoms with Crippen LogP contribution < -0.4 is 15.4 Å². The van der Waals surface area contributed by atoms with Crippen LogP contribution in [0, 0.1) is 5.92 Å². The van der Waals surface area contributed by atoms with Crippen LogP contribution in [0.3, 0.4) is 0 Å². The Hall–Kier alpha value is -1.46. The summed E-state index contributed by atoms with van der Waals surface area (Å²) in [5.41, 5.74) is 0.596. The number of carbonyl (C=O) groups excluding carboxylic acids is 1. The monoisotopic (exact) mass is 353 g/mol. The van der Waals surface area contributed by atoms with E-state index in [0.29, 0.717) is 29.0 Å². The molecular formula is C18H28ClN3O2. The van der Waals surface area contributed by atoms with Gasteiger partial charge >= 0.3 is 6.03 Å². The fourth-order valence-corrected chi connectivity index (χ4v) is 3.17. The molecule has 0 aliphatic carbocycles. The number of hydrogen-bond donors (Lipinski definition) is 2. The molecule has 6 heteroatoms. The summed E-state index contributed by atoms with van der Waals surface area (Å²) in [4.78, 5) is 14.7. The van der Waals surface area contributed by atoms with E-state index in [1.54, 1.807) is 18.2 Å². The highest BCUT2D eigenvalue weighted by Crippen LogP contribution is 2.28. The van der Waals surface area contributed by atoms with Gasteiger partial charge in [0.25, 0.3) is 0 Å². The van der Waals surface area contributed by atoms with Crippen LogP contribution in [0.2, 0.25) is 5.02 Å². The number of hydrogen-bond acceptors (Lipinski definition) is 3. The minimum atomic E-state index is -0.208. The first-order chi connectivity index (χ1) is 11.5. The van der Waals surface area contributed by atoms with Crippen molar-refractivity contribution < 1.29 is 9.53 Å².